The molecule has 2 bridgehead atoms. The molecule has 38 heavy (non-hydrogen) atoms. The van der Waals surface area contributed by atoms with E-state index >= 15 is 0 Å². The number of rotatable bonds is 6. The number of nitrogens with zero attached hydrogens (tertiary/aromatic N) is 1. The van der Waals surface area contributed by atoms with Gasteiger partial charge >= 0.3 is 0 Å². The maximum atomic E-state index is 14.1. The quantitative estimate of drug-likeness (QED) is 0.537. The molecule has 3 saturated heterocycles. The summed E-state index contributed by atoms with van der Waals surface area (Å²) in [5.74, 6) is -1.35. The highest BCUT2D eigenvalue weighted by molar-refractivity contribution is 6.30. The fourth-order valence-electron chi connectivity index (χ4n) is 7.28. The van der Waals surface area contributed by atoms with Crippen LogP contribution in [0.2, 0.25) is 5.02 Å². The molecule has 8 nitrogen and oxygen atoms in total. The number of ether oxygens (including phenoxy) is 2. The minimum absolute atomic E-state index is 0.0490. The van der Waals surface area contributed by atoms with E-state index in [-0.39, 0.29) is 29.9 Å². The summed E-state index contributed by atoms with van der Waals surface area (Å²) in [6.45, 7) is 5.39. The molecule has 1 aliphatic carbocycles. The number of likely N-dealkylation sites (tertiary alicyclic amines) is 1. The molecule has 0 aromatic heterocycles. The molecule has 6 rings (SSSR count). The highest BCUT2D eigenvalue weighted by Crippen LogP contribution is 2.55. The Morgan fingerprint density at radius 1 is 1.11 bits per heavy atom. The van der Waals surface area contributed by atoms with E-state index in [0.717, 1.165) is 32.1 Å². The molecule has 1 saturated carbocycles. The summed E-state index contributed by atoms with van der Waals surface area (Å²) in [4.78, 5) is 43.3. The third kappa shape index (κ3) is 4.25. The zero-order chi connectivity index (χ0) is 26.6. The summed E-state index contributed by atoms with van der Waals surface area (Å²) in [5, 5.41) is 6.79. The molecule has 4 aliphatic heterocycles. The summed E-state index contributed by atoms with van der Waals surface area (Å²) < 4.78 is 12.3. The first-order valence-electron chi connectivity index (χ1n) is 13.9. The third-order valence-corrected chi connectivity index (χ3v) is 9.75. The number of hydrogen-bond donors (Lipinski definition) is 2. The highest BCUT2D eigenvalue weighted by Gasteiger charge is 2.73. The van der Waals surface area contributed by atoms with E-state index in [2.05, 4.69) is 24.5 Å². The summed E-state index contributed by atoms with van der Waals surface area (Å²) in [6.07, 6.45) is 7.93. The molecule has 1 aromatic rings. The molecule has 2 N–H and O–H groups in total. The Morgan fingerprint density at radius 2 is 1.89 bits per heavy atom. The molecule has 0 radical (unpaired) electrons. The minimum Gasteiger partial charge on any atom is -0.376 e. The van der Waals surface area contributed by atoms with Gasteiger partial charge in [-0.1, -0.05) is 50.4 Å². The maximum absolute atomic E-state index is 14.1. The van der Waals surface area contributed by atoms with Gasteiger partial charge in [-0.3, -0.25) is 14.4 Å². The second kappa shape index (κ2) is 9.96. The lowest BCUT2D eigenvalue weighted by atomic mass is 9.73. The van der Waals surface area contributed by atoms with Crippen LogP contribution in [0.15, 0.2) is 36.4 Å². The van der Waals surface area contributed by atoms with Gasteiger partial charge in [-0.05, 0) is 55.4 Å². The Bertz CT molecular complexity index is 1140. The zero-order valence-corrected chi connectivity index (χ0v) is 22.7. The second-order valence-corrected chi connectivity index (χ2v) is 12.1. The Labute approximate surface area is 228 Å². The van der Waals surface area contributed by atoms with Crippen molar-refractivity contribution in [2.24, 2.45) is 23.7 Å². The van der Waals surface area contributed by atoms with Gasteiger partial charge in [-0.2, -0.15) is 0 Å². The van der Waals surface area contributed by atoms with Crippen molar-refractivity contribution in [1.29, 1.82) is 0 Å². The van der Waals surface area contributed by atoms with Crippen molar-refractivity contribution in [1.82, 2.24) is 10.2 Å². The van der Waals surface area contributed by atoms with Gasteiger partial charge in [-0.15, -0.1) is 0 Å². The lowest BCUT2D eigenvalue weighted by Crippen LogP contribution is -2.58. The number of carbonyl (C=O) groups excluding carboxylic acids is 3. The van der Waals surface area contributed by atoms with Crippen LogP contribution in [-0.4, -0.2) is 65.7 Å². The Hall–Kier alpha value is -2.42. The molecule has 204 valence electrons. The number of anilines is 1. The summed E-state index contributed by atoms with van der Waals surface area (Å²) in [7, 11) is 0. The normalized spacial score (nSPS) is 39.4. The molecule has 5 aliphatic rings. The Kier molecular flexibility index (Phi) is 6.77. The van der Waals surface area contributed by atoms with Gasteiger partial charge in [0.25, 0.3) is 0 Å². The van der Waals surface area contributed by atoms with Crippen LogP contribution >= 0.6 is 11.6 Å². The van der Waals surface area contributed by atoms with Gasteiger partial charge in [0, 0.05) is 29.9 Å². The average Bonchev–Trinajstić information content (AvgIpc) is 3.66. The van der Waals surface area contributed by atoms with Crippen LogP contribution in [0.3, 0.4) is 0 Å². The van der Waals surface area contributed by atoms with E-state index in [4.69, 9.17) is 21.1 Å². The maximum Gasteiger partial charge on any atom is 0.246 e. The first-order valence-corrected chi connectivity index (χ1v) is 14.3. The number of benzene rings is 1. The minimum atomic E-state index is -1.17. The number of hydrogen-bond acceptors (Lipinski definition) is 5. The fraction of sp³-hybridized carbons (Fsp3) is 0.621. The van der Waals surface area contributed by atoms with Crippen LogP contribution in [-0.2, 0) is 23.9 Å². The first-order chi connectivity index (χ1) is 18.3. The van der Waals surface area contributed by atoms with Gasteiger partial charge in [0.15, 0.2) is 0 Å². The summed E-state index contributed by atoms with van der Waals surface area (Å²) in [6, 6.07) is 6.06. The van der Waals surface area contributed by atoms with Gasteiger partial charge in [0.1, 0.15) is 11.6 Å². The van der Waals surface area contributed by atoms with Crippen LogP contribution in [0.1, 0.15) is 46.0 Å². The number of nitrogens with one attached hydrogen (secondary N) is 2. The largest absolute Gasteiger partial charge is 0.376 e. The van der Waals surface area contributed by atoms with E-state index in [1.165, 1.54) is 0 Å². The SMILES string of the molecule is CC1CCCC(NC(=O)C2N(CC3CCCO3)C(=O)[C@H]3C(C(=O)Nc4ccc(Cl)cc4)[C@H]4C=CC23O4)C1C. The van der Waals surface area contributed by atoms with Crippen molar-refractivity contribution in [3.8, 4) is 0 Å². The number of halogens is 1. The van der Waals surface area contributed by atoms with Crippen LogP contribution in [0, 0.1) is 23.7 Å². The van der Waals surface area contributed by atoms with E-state index in [9.17, 15) is 14.4 Å². The summed E-state index contributed by atoms with van der Waals surface area (Å²) in [5.41, 5.74) is -0.577. The number of amides is 3. The van der Waals surface area contributed by atoms with E-state index in [1.807, 2.05) is 12.2 Å². The van der Waals surface area contributed by atoms with Gasteiger partial charge in [0.05, 0.1) is 24.0 Å². The monoisotopic (exact) mass is 541 g/mol. The third-order valence-electron chi connectivity index (χ3n) is 9.50. The van der Waals surface area contributed by atoms with Crippen LogP contribution in [0.5, 0.6) is 0 Å². The van der Waals surface area contributed by atoms with E-state index in [1.54, 1.807) is 29.2 Å². The molecular weight excluding hydrogens is 506 g/mol. The Morgan fingerprint density at radius 3 is 2.63 bits per heavy atom. The van der Waals surface area contributed by atoms with E-state index in [0.29, 0.717) is 35.7 Å². The van der Waals surface area contributed by atoms with Crippen molar-refractivity contribution in [2.75, 3.05) is 18.5 Å². The lowest BCUT2D eigenvalue weighted by Gasteiger charge is -2.38. The highest BCUT2D eigenvalue weighted by atomic mass is 35.5. The van der Waals surface area contributed by atoms with Gasteiger partial charge < -0.3 is 25.0 Å². The Balaban J connectivity index is 1.29. The molecule has 4 heterocycles. The smallest absolute Gasteiger partial charge is 0.246 e. The van der Waals surface area contributed by atoms with Crippen molar-refractivity contribution >= 4 is 35.0 Å². The lowest BCUT2D eigenvalue weighted by molar-refractivity contribution is -0.143. The molecular formula is C29H36ClN3O5. The number of fused-ring (bicyclic) bond motifs is 1. The van der Waals surface area contributed by atoms with Gasteiger partial charge in [-0.25, -0.2) is 0 Å². The predicted octanol–water partition coefficient (Wildman–Crippen LogP) is 3.55. The van der Waals surface area contributed by atoms with Crippen LogP contribution in [0.4, 0.5) is 5.69 Å². The van der Waals surface area contributed by atoms with E-state index < -0.39 is 29.6 Å². The average molecular weight is 542 g/mol. The fourth-order valence-corrected chi connectivity index (χ4v) is 7.40. The van der Waals surface area contributed by atoms with Crippen LogP contribution in [0.25, 0.3) is 0 Å². The van der Waals surface area contributed by atoms with Crippen molar-refractivity contribution in [2.45, 2.75) is 75.8 Å². The second-order valence-electron chi connectivity index (χ2n) is 11.7. The van der Waals surface area contributed by atoms with Crippen molar-refractivity contribution < 1.29 is 23.9 Å². The van der Waals surface area contributed by atoms with Crippen molar-refractivity contribution in [3.05, 3.63) is 41.4 Å². The predicted molar refractivity (Wildman–Crippen MR) is 142 cm³/mol. The molecule has 4 fully saturated rings. The molecule has 1 spiro atoms. The molecule has 1 aromatic carbocycles. The van der Waals surface area contributed by atoms with Gasteiger partial charge in [0.2, 0.25) is 17.7 Å². The number of carbonyl (C=O) groups is 3. The standard InChI is InChI=1S/C29H36ClN3O5/c1-16-5-3-7-21(17(16)2)32-27(35)25-29-13-12-22(38-29)23(26(34)31-19-10-8-18(30)9-11-19)24(29)28(36)33(25)15-20-6-4-14-37-20/h8-13,16-17,20-25H,3-7,14-15H2,1-2H3,(H,31,34)(H,32,35)/t16?,17?,20?,21?,22-,23?,24-,25?,29?/m1/s1. The summed E-state index contributed by atoms with van der Waals surface area (Å²) >= 11 is 6.00. The topological polar surface area (TPSA) is 97.0 Å². The molecule has 9 heteroatoms. The molecule has 9 atom stereocenters. The van der Waals surface area contributed by atoms with Crippen LogP contribution < -0.4 is 10.6 Å². The molecule has 7 unspecified atom stereocenters. The van der Waals surface area contributed by atoms with Crippen molar-refractivity contribution in [3.63, 3.8) is 0 Å². The molecule has 3 amide bonds. The first kappa shape index (κ1) is 25.8. The zero-order valence-electron chi connectivity index (χ0n) is 21.9.